The van der Waals surface area contributed by atoms with Gasteiger partial charge >= 0.3 is 0 Å². The van der Waals surface area contributed by atoms with Crippen LogP contribution < -0.4 is 4.74 Å². The van der Waals surface area contributed by atoms with Crippen LogP contribution >= 0.6 is 0 Å². The van der Waals surface area contributed by atoms with E-state index in [0.29, 0.717) is 11.1 Å². The van der Waals surface area contributed by atoms with Gasteiger partial charge in [-0.15, -0.1) is 0 Å². The zero-order valence-corrected chi connectivity index (χ0v) is 18.3. The quantitative estimate of drug-likeness (QED) is 0.684. The standard InChI is InChI=1S/C22H28FNO4S/c1-22(2,3)18-9-6-16(7-10-18)14-29(26,27)15-21(25)24(4)13-17-8-11-20(28-5)19(23)12-17/h6-12H,13-15H2,1-5H3. The predicted octanol–water partition coefficient (Wildman–Crippen LogP) is 3.71. The molecule has 0 radical (unpaired) electrons. The minimum Gasteiger partial charge on any atom is -0.494 e. The lowest BCUT2D eigenvalue weighted by molar-refractivity contribution is -0.127. The summed E-state index contributed by atoms with van der Waals surface area (Å²) in [6.07, 6.45) is 0. The van der Waals surface area contributed by atoms with Crippen molar-refractivity contribution < 1.29 is 22.3 Å². The summed E-state index contributed by atoms with van der Waals surface area (Å²) >= 11 is 0. The molecular formula is C22H28FNO4S. The number of rotatable bonds is 7. The highest BCUT2D eigenvalue weighted by molar-refractivity contribution is 7.91. The molecule has 0 N–H and O–H groups in total. The average molecular weight is 422 g/mol. The molecule has 2 aromatic carbocycles. The second kappa shape index (κ2) is 8.95. The SMILES string of the molecule is COc1ccc(CN(C)C(=O)CS(=O)(=O)Cc2ccc(C(C)(C)C)cc2)cc1F. The Labute approximate surface area is 172 Å². The van der Waals surface area contributed by atoms with E-state index < -0.39 is 27.3 Å². The Kier molecular flexibility index (Phi) is 7.06. The molecule has 0 heterocycles. The topological polar surface area (TPSA) is 63.7 Å². The van der Waals surface area contributed by atoms with Crippen LogP contribution in [0, 0.1) is 5.82 Å². The van der Waals surface area contributed by atoms with Crippen LogP contribution in [0.4, 0.5) is 4.39 Å². The molecule has 0 aliphatic rings. The largest absolute Gasteiger partial charge is 0.494 e. The molecule has 1 amide bonds. The Morgan fingerprint density at radius 1 is 1.07 bits per heavy atom. The van der Waals surface area contributed by atoms with Crippen molar-refractivity contribution >= 4 is 15.7 Å². The van der Waals surface area contributed by atoms with Crippen molar-refractivity contribution in [3.63, 3.8) is 0 Å². The molecule has 0 fully saturated rings. The summed E-state index contributed by atoms with van der Waals surface area (Å²) in [7, 11) is -0.755. The van der Waals surface area contributed by atoms with Crippen LogP contribution in [0.5, 0.6) is 5.75 Å². The van der Waals surface area contributed by atoms with E-state index in [1.807, 2.05) is 12.1 Å². The van der Waals surface area contributed by atoms with Crippen LogP contribution in [-0.2, 0) is 32.3 Å². The zero-order chi connectivity index (χ0) is 21.8. The molecule has 2 aromatic rings. The van der Waals surface area contributed by atoms with Crippen LogP contribution in [-0.4, -0.2) is 39.1 Å². The molecule has 158 valence electrons. The summed E-state index contributed by atoms with van der Waals surface area (Å²) in [5.41, 5.74) is 2.29. The Morgan fingerprint density at radius 3 is 2.17 bits per heavy atom. The van der Waals surface area contributed by atoms with E-state index in [9.17, 15) is 17.6 Å². The van der Waals surface area contributed by atoms with E-state index in [4.69, 9.17) is 4.74 Å². The molecule has 0 aromatic heterocycles. The first-order chi connectivity index (χ1) is 13.4. The number of amides is 1. The lowest BCUT2D eigenvalue weighted by Crippen LogP contribution is -2.32. The van der Waals surface area contributed by atoms with Crippen molar-refractivity contribution in [3.05, 3.63) is 65.0 Å². The highest BCUT2D eigenvalue weighted by Crippen LogP contribution is 2.23. The molecule has 29 heavy (non-hydrogen) atoms. The van der Waals surface area contributed by atoms with E-state index in [2.05, 4.69) is 20.8 Å². The van der Waals surface area contributed by atoms with Gasteiger partial charge in [0.05, 0.1) is 12.9 Å². The fourth-order valence-electron chi connectivity index (χ4n) is 2.87. The van der Waals surface area contributed by atoms with Gasteiger partial charge in [0.15, 0.2) is 21.4 Å². The fourth-order valence-corrected chi connectivity index (χ4v) is 4.27. The maximum Gasteiger partial charge on any atom is 0.237 e. The van der Waals surface area contributed by atoms with Crippen molar-refractivity contribution in [2.45, 2.75) is 38.5 Å². The first-order valence-electron chi connectivity index (χ1n) is 9.27. The molecule has 0 saturated heterocycles. The molecule has 0 unspecified atom stereocenters. The normalized spacial score (nSPS) is 11.9. The fraction of sp³-hybridized carbons (Fsp3) is 0.409. The molecule has 2 rings (SSSR count). The van der Waals surface area contributed by atoms with Gasteiger partial charge in [-0.2, -0.15) is 0 Å². The minimum atomic E-state index is -3.62. The van der Waals surface area contributed by atoms with Crippen molar-refractivity contribution in [1.82, 2.24) is 4.90 Å². The Bertz CT molecular complexity index is 963. The van der Waals surface area contributed by atoms with Crippen LogP contribution in [0.25, 0.3) is 0 Å². The summed E-state index contributed by atoms with van der Waals surface area (Å²) in [5, 5.41) is 0. The third-order valence-corrected chi connectivity index (χ3v) is 6.07. The molecule has 0 saturated carbocycles. The van der Waals surface area contributed by atoms with Crippen LogP contribution in [0.3, 0.4) is 0 Å². The van der Waals surface area contributed by atoms with Gasteiger partial charge in [-0.25, -0.2) is 12.8 Å². The number of carbonyl (C=O) groups is 1. The highest BCUT2D eigenvalue weighted by Gasteiger charge is 2.21. The van der Waals surface area contributed by atoms with Crippen molar-refractivity contribution in [2.75, 3.05) is 19.9 Å². The van der Waals surface area contributed by atoms with Gasteiger partial charge in [-0.1, -0.05) is 51.1 Å². The summed E-state index contributed by atoms with van der Waals surface area (Å²) in [6.45, 7) is 6.36. The third kappa shape index (κ3) is 6.56. The molecule has 0 spiro atoms. The number of hydrogen-bond donors (Lipinski definition) is 0. The number of nitrogens with zero attached hydrogens (tertiary/aromatic N) is 1. The van der Waals surface area contributed by atoms with Gasteiger partial charge in [-0.3, -0.25) is 4.79 Å². The van der Waals surface area contributed by atoms with E-state index >= 15 is 0 Å². The molecule has 0 aliphatic heterocycles. The third-order valence-electron chi connectivity index (χ3n) is 4.61. The molecule has 0 bridgehead atoms. The van der Waals surface area contributed by atoms with E-state index in [0.717, 1.165) is 5.56 Å². The van der Waals surface area contributed by atoms with Crippen LogP contribution in [0.15, 0.2) is 42.5 Å². The first kappa shape index (κ1) is 22.9. The molecule has 7 heteroatoms. The number of methoxy groups -OCH3 is 1. The number of ether oxygens (including phenoxy) is 1. The maximum atomic E-state index is 13.8. The zero-order valence-electron chi connectivity index (χ0n) is 17.5. The van der Waals surface area contributed by atoms with Crippen LogP contribution in [0.1, 0.15) is 37.5 Å². The smallest absolute Gasteiger partial charge is 0.237 e. The van der Waals surface area contributed by atoms with Crippen molar-refractivity contribution in [3.8, 4) is 5.75 Å². The van der Waals surface area contributed by atoms with Gasteiger partial charge in [0.1, 0.15) is 5.75 Å². The summed E-state index contributed by atoms with van der Waals surface area (Å²) in [5.74, 6) is -1.75. The number of carbonyl (C=O) groups excluding carboxylic acids is 1. The maximum absolute atomic E-state index is 13.8. The summed E-state index contributed by atoms with van der Waals surface area (Å²) in [6, 6.07) is 11.8. The summed E-state index contributed by atoms with van der Waals surface area (Å²) < 4.78 is 43.6. The lowest BCUT2D eigenvalue weighted by Gasteiger charge is -2.19. The second-order valence-electron chi connectivity index (χ2n) is 8.20. The van der Waals surface area contributed by atoms with E-state index in [1.54, 1.807) is 18.2 Å². The Hall–Kier alpha value is -2.41. The molecule has 5 nitrogen and oxygen atoms in total. The van der Waals surface area contributed by atoms with E-state index in [-0.39, 0.29) is 23.5 Å². The number of halogens is 1. The second-order valence-corrected chi connectivity index (χ2v) is 10.3. The minimum absolute atomic E-state index is 0.0169. The predicted molar refractivity (Wildman–Crippen MR) is 112 cm³/mol. The number of hydrogen-bond acceptors (Lipinski definition) is 4. The van der Waals surface area contributed by atoms with E-state index in [1.165, 1.54) is 31.2 Å². The number of benzene rings is 2. The van der Waals surface area contributed by atoms with Gasteiger partial charge in [0.25, 0.3) is 0 Å². The molecular weight excluding hydrogens is 393 g/mol. The highest BCUT2D eigenvalue weighted by atomic mass is 32.2. The van der Waals surface area contributed by atoms with Crippen LogP contribution in [0.2, 0.25) is 0 Å². The van der Waals surface area contributed by atoms with Crippen molar-refractivity contribution in [2.24, 2.45) is 0 Å². The summed E-state index contributed by atoms with van der Waals surface area (Å²) in [4.78, 5) is 13.7. The number of sulfone groups is 1. The first-order valence-corrected chi connectivity index (χ1v) is 11.1. The Balaban J connectivity index is 2.00. The molecule has 0 aliphatic carbocycles. The van der Waals surface area contributed by atoms with Crippen molar-refractivity contribution in [1.29, 1.82) is 0 Å². The van der Waals surface area contributed by atoms with Gasteiger partial charge < -0.3 is 9.64 Å². The average Bonchev–Trinajstić information content (AvgIpc) is 2.60. The van der Waals surface area contributed by atoms with Gasteiger partial charge in [0, 0.05) is 13.6 Å². The molecule has 0 atom stereocenters. The van der Waals surface area contributed by atoms with Gasteiger partial charge in [0.2, 0.25) is 5.91 Å². The monoisotopic (exact) mass is 421 g/mol. The lowest BCUT2D eigenvalue weighted by atomic mass is 9.87. The Morgan fingerprint density at radius 2 is 1.66 bits per heavy atom. The van der Waals surface area contributed by atoms with Gasteiger partial charge in [-0.05, 0) is 34.2 Å².